The zero-order valence-electron chi connectivity index (χ0n) is 8.22. The van der Waals surface area contributed by atoms with Crippen LogP contribution in [0.4, 0.5) is 0 Å². The third-order valence-electron chi connectivity index (χ3n) is 2.25. The van der Waals surface area contributed by atoms with E-state index in [0.29, 0.717) is 19.4 Å². The van der Waals surface area contributed by atoms with Gasteiger partial charge in [0.2, 0.25) is 0 Å². The van der Waals surface area contributed by atoms with E-state index in [1.54, 1.807) is 0 Å². The van der Waals surface area contributed by atoms with Crippen LogP contribution in [0.2, 0.25) is 0 Å². The topological polar surface area (TPSA) is 52.3 Å². The average molecular weight is 173 g/mol. The summed E-state index contributed by atoms with van der Waals surface area (Å²) in [5.74, 6) is 0.00866. The van der Waals surface area contributed by atoms with Crippen LogP contribution in [0.5, 0.6) is 0 Å². The van der Waals surface area contributed by atoms with Crippen LogP contribution in [-0.4, -0.2) is 24.5 Å². The smallest absolute Gasteiger partial charge is 0.178 e. The fraction of sp³-hybridized carbons (Fsp3) is 0.889. The van der Waals surface area contributed by atoms with Crippen molar-refractivity contribution in [1.29, 1.82) is 0 Å². The van der Waals surface area contributed by atoms with E-state index >= 15 is 0 Å². The summed E-state index contributed by atoms with van der Waals surface area (Å²) in [6.07, 6.45) is 1.35. The molecule has 12 heavy (non-hydrogen) atoms. The molecule has 0 spiro atoms. The Bertz CT molecular complexity index is 141. The molecule has 0 bridgehead atoms. The van der Waals surface area contributed by atoms with Crippen LogP contribution in [0.3, 0.4) is 0 Å². The Morgan fingerprint density at radius 1 is 1.33 bits per heavy atom. The molecule has 0 unspecified atom stereocenters. The first-order valence-corrected chi connectivity index (χ1v) is 4.50. The maximum absolute atomic E-state index is 11.4. The van der Waals surface area contributed by atoms with Gasteiger partial charge >= 0.3 is 0 Å². The van der Waals surface area contributed by atoms with Crippen molar-refractivity contribution in [3.8, 4) is 0 Å². The van der Waals surface area contributed by atoms with Gasteiger partial charge in [-0.3, -0.25) is 4.79 Å². The second kappa shape index (κ2) is 5.27. The van der Waals surface area contributed by atoms with E-state index in [1.165, 1.54) is 0 Å². The highest BCUT2D eigenvalue weighted by Gasteiger charge is 2.29. The van der Waals surface area contributed by atoms with Crippen LogP contribution >= 0.6 is 0 Å². The Hall–Kier alpha value is -0.410. The van der Waals surface area contributed by atoms with E-state index < -0.39 is 5.54 Å². The highest BCUT2D eigenvalue weighted by Crippen LogP contribution is 2.12. The van der Waals surface area contributed by atoms with Crippen molar-refractivity contribution in [2.24, 2.45) is 5.73 Å². The van der Waals surface area contributed by atoms with Crippen molar-refractivity contribution in [2.75, 3.05) is 13.2 Å². The van der Waals surface area contributed by atoms with Gasteiger partial charge in [0.05, 0.1) is 5.54 Å². The third-order valence-corrected chi connectivity index (χ3v) is 2.25. The highest BCUT2D eigenvalue weighted by atomic mass is 16.5. The van der Waals surface area contributed by atoms with Gasteiger partial charge in [-0.25, -0.2) is 0 Å². The SMILES string of the molecule is CCOCC(=O)C(N)(CC)CC. The number of ketones is 1. The van der Waals surface area contributed by atoms with Crippen molar-refractivity contribution < 1.29 is 9.53 Å². The van der Waals surface area contributed by atoms with Crippen LogP contribution in [-0.2, 0) is 9.53 Å². The van der Waals surface area contributed by atoms with Crippen LogP contribution in [0.25, 0.3) is 0 Å². The molecular weight excluding hydrogens is 154 g/mol. The van der Waals surface area contributed by atoms with E-state index in [-0.39, 0.29) is 12.4 Å². The first-order valence-electron chi connectivity index (χ1n) is 4.50. The van der Waals surface area contributed by atoms with Gasteiger partial charge in [-0.2, -0.15) is 0 Å². The second-order valence-electron chi connectivity index (χ2n) is 2.92. The fourth-order valence-electron chi connectivity index (χ4n) is 0.983. The molecule has 72 valence electrons. The van der Waals surface area contributed by atoms with Gasteiger partial charge in [0.25, 0.3) is 0 Å². The quantitative estimate of drug-likeness (QED) is 0.654. The lowest BCUT2D eigenvalue weighted by Gasteiger charge is -2.24. The van der Waals surface area contributed by atoms with Gasteiger partial charge in [0.15, 0.2) is 5.78 Å². The molecule has 0 heterocycles. The minimum absolute atomic E-state index is 0.00866. The monoisotopic (exact) mass is 173 g/mol. The van der Waals surface area contributed by atoms with E-state index in [4.69, 9.17) is 10.5 Å². The maximum Gasteiger partial charge on any atom is 0.178 e. The molecule has 0 radical (unpaired) electrons. The predicted molar refractivity (Wildman–Crippen MR) is 49.0 cm³/mol. The molecule has 0 aromatic rings. The minimum Gasteiger partial charge on any atom is -0.374 e. The van der Waals surface area contributed by atoms with Gasteiger partial charge in [-0.05, 0) is 19.8 Å². The molecule has 0 aromatic carbocycles. The number of Topliss-reactive ketones (excluding diaryl/α,β-unsaturated/α-hetero) is 1. The number of ether oxygens (including phenoxy) is 1. The summed E-state index contributed by atoms with van der Waals surface area (Å²) in [6.45, 7) is 6.42. The van der Waals surface area contributed by atoms with Gasteiger partial charge in [-0.15, -0.1) is 0 Å². The van der Waals surface area contributed by atoms with E-state index in [2.05, 4.69) is 0 Å². The standard InChI is InChI=1S/C9H19NO2/c1-4-9(10,5-2)8(11)7-12-6-3/h4-7,10H2,1-3H3. The molecule has 3 heteroatoms. The summed E-state index contributed by atoms with van der Waals surface area (Å²) in [4.78, 5) is 11.4. The number of carbonyl (C=O) groups excluding carboxylic acids is 1. The summed E-state index contributed by atoms with van der Waals surface area (Å²) >= 11 is 0. The first-order chi connectivity index (χ1) is 5.60. The molecule has 0 aliphatic rings. The lowest BCUT2D eigenvalue weighted by atomic mass is 9.89. The molecule has 0 saturated carbocycles. The van der Waals surface area contributed by atoms with Gasteiger partial charge in [0.1, 0.15) is 6.61 Å². The molecule has 0 atom stereocenters. The summed E-state index contributed by atoms with van der Waals surface area (Å²) in [6, 6.07) is 0. The molecule has 0 aliphatic carbocycles. The van der Waals surface area contributed by atoms with E-state index in [9.17, 15) is 4.79 Å². The maximum atomic E-state index is 11.4. The summed E-state index contributed by atoms with van der Waals surface area (Å²) < 4.78 is 5.02. The minimum atomic E-state index is -0.671. The van der Waals surface area contributed by atoms with Crippen molar-refractivity contribution in [2.45, 2.75) is 39.2 Å². The zero-order valence-corrected chi connectivity index (χ0v) is 8.22. The van der Waals surface area contributed by atoms with Gasteiger partial charge in [0, 0.05) is 6.61 Å². The third kappa shape index (κ3) is 2.91. The molecule has 0 amide bonds. The molecule has 3 nitrogen and oxygen atoms in total. The van der Waals surface area contributed by atoms with Crippen molar-refractivity contribution in [3.63, 3.8) is 0 Å². The lowest BCUT2D eigenvalue weighted by molar-refractivity contribution is -0.129. The molecule has 2 N–H and O–H groups in total. The van der Waals surface area contributed by atoms with Crippen molar-refractivity contribution >= 4 is 5.78 Å². The Balaban J connectivity index is 4.03. The zero-order chi connectivity index (χ0) is 9.61. The first kappa shape index (κ1) is 11.6. The van der Waals surface area contributed by atoms with Crippen LogP contribution in [0.15, 0.2) is 0 Å². The van der Waals surface area contributed by atoms with Gasteiger partial charge in [-0.1, -0.05) is 13.8 Å². The molecule has 0 aromatic heterocycles. The molecular formula is C9H19NO2. The number of carbonyl (C=O) groups is 1. The van der Waals surface area contributed by atoms with E-state index in [0.717, 1.165) is 0 Å². The Morgan fingerprint density at radius 2 is 1.83 bits per heavy atom. The lowest BCUT2D eigenvalue weighted by Crippen LogP contribution is -2.48. The Morgan fingerprint density at radius 3 is 2.17 bits per heavy atom. The van der Waals surface area contributed by atoms with Crippen molar-refractivity contribution in [1.82, 2.24) is 0 Å². The van der Waals surface area contributed by atoms with Crippen LogP contribution < -0.4 is 5.73 Å². The largest absolute Gasteiger partial charge is 0.374 e. The second-order valence-corrected chi connectivity index (χ2v) is 2.92. The predicted octanol–water partition coefficient (Wildman–Crippen LogP) is 1.11. The summed E-state index contributed by atoms with van der Waals surface area (Å²) in [7, 11) is 0. The normalized spacial score (nSPS) is 11.7. The Kier molecular flexibility index (Phi) is 5.09. The molecule has 0 saturated heterocycles. The number of hydrogen-bond acceptors (Lipinski definition) is 3. The summed E-state index contributed by atoms with van der Waals surface area (Å²) in [5.41, 5.74) is 5.18. The van der Waals surface area contributed by atoms with Gasteiger partial charge < -0.3 is 10.5 Å². The summed E-state index contributed by atoms with van der Waals surface area (Å²) in [5, 5.41) is 0. The molecule has 0 rings (SSSR count). The van der Waals surface area contributed by atoms with Crippen LogP contribution in [0, 0.1) is 0 Å². The Labute approximate surface area is 74.3 Å². The molecule has 0 fully saturated rings. The number of rotatable bonds is 6. The van der Waals surface area contributed by atoms with E-state index in [1.807, 2.05) is 20.8 Å². The number of hydrogen-bond donors (Lipinski definition) is 1. The van der Waals surface area contributed by atoms with Crippen LogP contribution in [0.1, 0.15) is 33.6 Å². The average Bonchev–Trinajstić information content (AvgIpc) is 2.12. The molecule has 0 aliphatic heterocycles. The van der Waals surface area contributed by atoms with Crippen molar-refractivity contribution in [3.05, 3.63) is 0 Å². The fourth-order valence-corrected chi connectivity index (χ4v) is 0.983. The highest BCUT2D eigenvalue weighted by molar-refractivity contribution is 5.89. The number of nitrogens with two attached hydrogens (primary N) is 1.